The number of halogens is 1. The monoisotopic (exact) mass is 523 g/mol. The number of nitriles is 1. The molecular formula is C32H30ClN3O2. The number of rotatable bonds is 6. The van der Waals surface area contributed by atoms with Gasteiger partial charge in [0.05, 0.1) is 13.2 Å². The topological polar surface area (TPSA) is 56.6 Å². The third-order valence-electron chi connectivity index (χ3n) is 7.60. The average molecular weight is 524 g/mol. The number of piperazine rings is 1. The van der Waals surface area contributed by atoms with E-state index in [1.165, 1.54) is 0 Å². The van der Waals surface area contributed by atoms with Gasteiger partial charge in [0, 0.05) is 48.4 Å². The molecule has 192 valence electrons. The van der Waals surface area contributed by atoms with E-state index in [-0.39, 0.29) is 5.91 Å². The van der Waals surface area contributed by atoms with Crippen LogP contribution >= 0.6 is 11.6 Å². The lowest BCUT2D eigenvalue weighted by Gasteiger charge is -2.41. The highest BCUT2D eigenvalue weighted by Crippen LogP contribution is 2.47. The second-order valence-electron chi connectivity index (χ2n) is 9.81. The minimum Gasteiger partial charge on any atom is -0.496 e. The van der Waals surface area contributed by atoms with Gasteiger partial charge in [-0.2, -0.15) is 5.26 Å². The van der Waals surface area contributed by atoms with Crippen molar-refractivity contribution in [1.82, 2.24) is 4.90 Å². The van der Waals surface area contributed by atoms with Crippen molar-refractivity contribution < 1.29 is 9.53 Å². The van der Waals surface area contributed by atoms with Crippen molar-refractivity contribution in [1.29, 1.82) is 5.26 Å². The number of benzene rings is 4. The summed E-state index contributed by atoms with van der Waals surface area (Å²) in [4.78, 5) is 18.4. The number of amides is 1. The fourth-order valence-electron chi connectivity index (χ4n) is 5.58. The number of methoxy groups -OCH3 is 1. The molecule has 1 fully saturated rings. The summed E-state index contributed by atoms with van der Waals surface area (Å²) in [6, 6.07) is 32.1. The van der Waals surface area contributed by atoms with Gasteiger partial charge in [0.25, 0.3) is 0 Å². The predicted octanol–water partition coefficient (Wildman–Crippen LogP) is 6.51. The molecule has 0 N–H and O–H groups in total. The molecule has 0 aliphatic carbocycles. The van der Waals surface area contributed by atoms with E-state index in [1.807, 2.05) is 77.7 Å². The summed E-state index contributed by atoms with van der Waals surface area (Å²) in [7, 11) is 1.63. The maximum atomic E-state index is 14.3. The zero-order valence-electron chi connectivity index (χ0n) is 21.6. The Bertz CT molecular complexity index is 1480. The normalized spacial score (nSPS) is 15.9. The van der Waals surface area contributed by atoms with Gasteiger partial charge >= 0.3 is 0 Å². The van der Waals surface area contributed by atoms with Crippen LogP contribution in [0, 0.1) is 16.7 Å². The second-order valence-corrected chi connectivity index (χ2v) is 10.2. The highest BCUT2D eigenvalue weighted by atomic mass is 35.5. The molecule has 2 atom stereocenters. The fourth-order valence-corrected chi connectivity index (χ4v) is 5.71. The maximum absolute atomic E-state index is 14.3. The lowest BCUT2D eigenvalue weighted by atomic mass is 9.68. The zero-order valence-corrected chi connectivity index (χ0v) is 22.4. The standard InChI is InChI=1S/C32H30ClN3O2/c1-32(22-34,31(37)36-20-18-35(19-21-36)25-16-14-24(33)15-17-25)30(28-11-5-6-13-29(28)38-2)27-12-7-9-23-8-3-4-10-26(23)27/h3-17,30H,18-21H2,1-2H3. The summed E-state index contributed by atoms with van der Waals surface area (Å²) >= 11 is 6.06. The van der Waals surface area contributed by atoms with E-state index in [0.717, 1.165) is 27.6 Å². The predicted molar refractivity (Wildman–Crippen MR) is 153 cm³/mol. The molecule has 1 saturated heterocycles. The first-order valence-corrected chi connectivity index (χ1v) is 13.2. The van der Waals surface area contributed by atoms with E-state index in [4.69, 9.17) is 16.3 Å². The number of hydrogen-bond acceptors (Lipinski definition) is 4. The number of hydrogen-bond donors (Lipinski definition) is 0. The van der Waals surface area contributed by atoms with Crippen molar-refractivity contribution in [2.24, 2.45) is 5.41 Å². The molecule has 1 heterocycles. The van der Waals surface area contributed by atoms with E-state index in [1.54, 1.807) is 14.0 Å². The van der Waals surface area contributed by atoms with Gasteiger partial charge in [0.2, 0.25) is 5.91 Å². The minimum atomic E-state index is -1.36. The Labute approximate surface area is 228 Å². The largest absolute Gasteiger partial charge is 0.496 e. The zero-order chi connectivity index (χ0) is 26.7. The van der Waals surface area contributed by atoms with Gasteiger partial charge in [-0.1, -0.05) is 72.3 Å². The van der Waals surface area contributed by atoms with Crippen LogP contribution in [0.2, 0.25) is 5.02 Å². The summed E-state index contributed by atoms with van der Waals surface area (Å²) in [5.74, 6) is -0.0385. The molecule has 0 radical (unpaired) electrons. The van der Waals surface area contributed by atoms with Crippen LogP contribution < -0.4 is 9.64 Å². The molecule has 0 spiro atoms. The van der Waals surface area contributed by atoms with Crippen LogP contribution in [-0.4, -0.2) is 44.1 Å². The van der Waals surface area contributed by atoms with Gasteiger partial charge in [-0.05, 0) is 53.6 Å². The van der Waals surface area contributed by atoms with Crippen molar-refractivity contribution in [2.45, 2.75) is 12.8 Å². The Hall–Kier alpha value is -4.01. The van der Waals surface area contributed by atoms with Gasteiger partial charge in [0.1, 0.15) is 11.2 Å². The third-order valence-corrected chi connectivity index (χ3v) is 7.85. The van der Waals surface area contributed by atoms with E-state index in [2.05, 4.69) is 29.2 Å². The fraction of sp³-hybridized carbons (Fsp3) is 0.250. The Balaban J connectivity index is 1.54. The number of nitrogens with zero attached hydrogens (tertiary/aromatic N) is 3. The first-order valence-electron chi connectivity index (χ1n) is 12.8. The summed E-state index contributed by atoms with van der Waals surface area (Å²) in [5, 5.41) is 13.5. The Morgan fingerprint density at radius 3 is 2.24 bits per heavy atom. The van der Waals surface area contributed by atoms with E-state index in [0.29, 0.717) is 37.0 Å². The molecule has 1 aliphatic heterocycles. The molecule has 4 aromatic carbocycles. The molecule has 1 aliphatic rings. The van der Waals surface area contributed by atoms with E-state index >= 15 is 0 Å². The first kappa shape index (κ1) is 25.6. The maximum Gasteiger partial charge on any atom is 0.243 e. The second kappa shape index (κ2) is 10.8. The number of carbonyl (C=O) groups is 1. The summed E-state index contributed by atoms with van der Waals surface area (Å²) < 4.78 is 5.75. The van der Waals surface area contributed by atoms with Gasteiger partial charge in [-0.25, -0.2) is 0 Å². The van der Waals surface area contributed by atoms with Crippen LogP contribution in [0.4, 0.5) is 5.69 Å². The van der Waals surface area contributed by atoms with Gasteiger partial charge in [-0.3, -0.25) is 4.79 Å². The molecule has 1 amide bonds. The molecule has 2 unspecified atom stereocenters. The third kappa shape index (κ3) is 4.68. The minimum absolute atomic E-state index is 0.167. The van der Waals surface area contributed by atoms with Crippen molar-refractivity contribution >= 4 is 34.0 Å². The van der Waals surface area contributed by atoms with Gasteiger partial charge in [-0.15, -0.1) is 0 Å². The van der Waals surface area contributed by atoms with Crippen LogP contribution in [0.3, 0.4) is 0 Å². The molecule has 0 aromatic heterocycles. The Morgan fingerprint density at radius 2 is 1.53 bits per heavy atom. The van der Waals surface area contributed by atoms with Crippen molar-refractivity contribution in [3.8, 4) is 11.8 Å². The van der Waals surface area contributed by atoms with Crippen molar-refractivity contribution in [2.75, 3.05) is 38.2 Å². The SMILES string of the molecule is COc1ccccc1C(c1cccc2ccccc12)C(C)(C#N)C(=O)N1CCN(c2ccc(Cl)cc2)CC1. The molecule has 5 rings (SSSR count). The van der Waals surface area contributed by atoms with Gasteiger partial charge < -0.3 is 14.5 Å². The summed E-state index contributed by atoms with van der Waals surface area (Å²) in [6.45, 7) is 4.21. The van der Waals surface area contributed by atoms with E-state index in [9.17, 15) is 10.1 Å². The number of fused-ring (bicyclic) bond motifs is 1. The van der Waals surface area contributed by atoms with Crippen LogP contribution in [0.15, 0.2) is 91.0 Å². The molecule has 4 aromatic rings. The average Bonchev–Trinajstić information content (AvgIpc) is 2.97. The first-order chi connectivity index (χ1) is 18.5. The summed E-state index contributed by atoms with van der Waals surface area (Å²) in [6.07, 6.45) is 0. The van der Waals surface area contributed by atoms with E-state index < -0.39 is 11.3 Å². The highest BCUT2D eigenvalue weighted by molar-refractivity contribution is 6.30. The van der Waals surface area contributed by atoms with Crippen LogP contribution in [0.25, 0.3) is 10.8 Å². The quantitative estimate of drug-likeness (QED) is 0.289. The summed E-state index contributed by atoms with van der Waals surface area (Å²) in [5.41, 5.74) is 1.47. The number of ether oxygens (including phenoxy) is 1. The van der Waals surface area contributed by atoms with Crippen LogP contribution in [-0.2, 0) is 4.79 Å². The molecule has 5 nitrogen and oxygen atoms in total. The molecule has 0 saturated carbocycles. The van der Waals surface area contributed by atoms with Crippen molar-refractivity contribution in [3.63, 3.8) is 0 Å². The number of para-hydroxylation sites is 1. The Morgan fingerprint density at radius 1 is 0.895 bits per heavy atom. The lowest BCUT2D eigenvalue weighted by molar-refractivity contribution is -0.139. The Kier molecular flexibility index (Phi) is 7.26. The van der Waals surface area contributed by atoms with Crippen molar-refractivity contribution in [3.05, 3.63) is 107 Å². The number of anilines is 1. The van der Waals surface area contributed by atoms with Crippen LogP contribution in [0.1, 0.15) is 24.0 Å². The molecular weight excluding hydrogens is 494 g/mol. The molecule has 0 bridgehead atoms. The number of carbonyl (C=O) groups excluding carboxylic acids is 1. The van der Waals surface area contributed by atoms with Gasteiger partial charge in [0.15, 0.2) is 0 Å². The molecule has 38 heavy (non-hydrogen) atoms. The highest BCUT2D eigenvalue weighted by Gasteiger charge is 2.47. The lowest BCUT2D eigenvalue weighted by Crippen LogP contribution is -2.53. The van der Waals surface area contributed by atoms with Crippen LogP contribution in [0.5, 0.6) is 5.75 Å². The smallest absolute Gasteiger partial charge is 0.243 e. The molecule has 6 heteroatoms.